The average molecular weight is 250 g/mol. The zero-order valence-corrected chi connectivity index (χ0v) is 10.3. The minimum atomic E-state index is -3.76. The molecule has 1 heterocycles. The number of carboxylic acid groups (broad SMARTS) is 1. The Kier molecular flexibility index (Phi) is 4.28. The molecule has 0 bridgehead atoms. The quantitative estimate of drug-likeness (QED) is 0.626. The van der Waals surface area contributed by atoms with Crippen LogP contribution in [0.25, 0.3) is 0 Å². The van der Waals surface area contributed by atoms with Crippen molar-refractivity contribution in [2.24, 2.45) is 0 Å². The fourth-order valence-corrected chi connectivity index (χ4v) is 2.85. The SMILES string of the molecule is CC1CC(NS(=O)(=O)C(C)C(=O)O)CCN1. The number of nitrogens with one attached hydrogen (secondary N) is 2. The molecule has 1 aliphatic rings. The smallest absolute Gasteiger partial charge is 0.323 e. The first-order valence-corrected chi connectivity index (χ1v) is 6.85. The number of hydrogen-bond donors (Lipinski definition) is 3. The van der Waals surface area contributed by atoms with Gasteiger partial charge in [0.1, 0.15) is 0 Å². The lowest BCUT2D eigenvalue weighted by atomic mass is 10.0. The number of piperidine rings is 1. The Morgan fingerprint density at radius 2 is 2.19 bits per heavy atom. The minimum Gasteiger partial charge on any atom is -0.480 e. The Bertz CT molecular complexity index is 355. The van der Waals surface area contributed by atoms with Gasteiger partial charge in [0.15, 0.2) is 5.25 Å². The standard InChI is InChI=1S/C9H18N2O4S/c1-6-5-8(3-4-10-6)11-16(14,15)7(2)9(12)13/h6-8,10-11H,3-5H2,1-2H3,(H,12,13). The Hall–Kier alpha value is -0.660. The lowest BCUT2D eigenvalue weighted by molar-refractivity contribution is -0.136. The van der Waals surface area contributed by atoms with Crippen LogP contribution >= 0.6 is 0 Å². The Morgan fingerprint density at radius 1 is 1.56 bits per heavy atom. The van der Waals surface area contributed by atoms with Gasteiger partial charge in [0.25, 0.3) is 0 Å². The van der Waals surface area contributed by atoms with Crippen molar-refractivity contribution >= 4 is 16.0 Å². The fourth-order valence-electron chi connectivity index (χ4n) is 1.71. The van der Waals surface area contributed by atoms with Gasteiger partial charge in [-0.15, -0.1) is 0 Å². The second-order valence-electron chi connectivity index (χ2n) is 4.22. The van der Waals surface area contributed by atoms with E-state index in [1.54, 1.807) is 0 Å². The number of carbonyl (C=O) groups is 1. The third kappa shape index (κ3) is 3.43. The van der Waals surface area contributed by atoms with Crippen LogP contribution in [0, 0.1) is 0 Å². The molecule has 0 radical (unpaired) electrons. The molecule has 0 aliphatic carbocycles. The van der Waals surface area contributed by atoms with Crippen molar-refractivity contribution in [3.63, 3.8) is 0 Å². The highest BCUT2D eigenvalue weighted by Crippen LogP contribution is 2.11. The summed E-state index contributed by atoms with van der Waals surface area (Å²) >= 11 is 0. The van der Waals surface area contributed by atoms with Gasteiger partial charge in [0, 0.05) is 12.1 Å². The van der Waals surface area contributed by atoms with Crippen LogP contribution in [0.5, 0.6) is 0 Å². The molecule has 6 nitrogen and oxygen atoms in total. The van der Waals surface area contributed by atoms with Crippen molar-refractivity contribution in [3.8, 4) is 0 Å². The molecule has 3 unspecified atom stereocenters. The van der Waals surface area contributed by atoms with Gasteiger partial charge >= 0.3 is 5.97 Å². The highest BCUT2D eigenvalue weighted by molar-refractivity contribution is 7.90. The van der Waals surface area contributed by atoms with Gasteiger partial charge < -0.3 is 10.4 Å². The summed E-state index contributed by atoms with van der Waals surface area (Å²) < 4.78 is 25.7. The molecule has 0 amide bonds. The lowest BCUT2D eigenvalue weighted by Gasteiger charge is -2.28. The van der Waals surface area contributed by atoms with E-state index in [-0.39, 0.29) is 12.1 Å². The van der Waals surface area contributed by atoms with Crippen molar-refractivity contribution in [2.45, 2.75) is 44.0 Å². The molecule has 3 N–H and O–H groups in total. The molecule has 16 heavy (non-hydrogen) atoms. The molecule has 1 fully saturated rings. The van der Waals surface area contributed by atoms with Crippen LogP contribution in [0.1, 0.15) is 26.7 Å². The van der Waals surface area contributed by atoms with Gasteiger partial charge in [0.2, 0.25) is 10.0 Å². The van der Waals surface area contributed by atoms with Crippen LogP contribution < -0.4 is 10.0 Å². The van der Waals surface area contributed by atoms with Crippen LogP contribution in [0.4, 0.5) is 0 Å². The molecular weight excluding hydrogens is 232 g/mol. The second-order valence-corrected chi connectivity index (χ2v) is 6.25. The van der Waals surface area contributed by atoms with Gasteiger partial charge in [-0.25, -0.2) is 13.1 Å². The molecule has 3 atom stereocenters. The molecular formula is C9H18N2O4S. The van der Waals surface area contributed by atoms with Crippen LogP contribution in [-0.2, 0) is 14.8 Å². The summed E-state index contributed by atoms with van der Waals surface area (Å²) in [7, 11) is -3.76. The summed E-state index contributed by atoms with van der Waals surface area (Å²) in [6.07, 6.45) is 1.38. The fraction of sp³-hybridized carbons (Fsp3) is 0.889. The topological polar surface area (TPSA) is 95.5 Å². The summed E-state index contributed by atoms with van der Waals surface area (Å²) in [5, 5.41) is 10.5. The Morgan fingerprint density at radius 3 is 2.69 bits per heavy atom. The largest absolute Gasteiger partial charge is 0.480 e. The first-order chi connectivity index (χ1) is 7.33. The number of hydrogen-bond acceptors (Lipinski definition) is 4. The van der Waals surface area contributed by atoms with E-state index in [1.807, 2.05) is 6.92 Å². The molecule has 0 aromatic rings. The van der Waals surface area contributed by atoms with Crippen molar-refractivity contribution in [1.82, 2.24) is 10.0 Å². The molecule has 0 saturated carbocycles. The number of rotatable bonds is 4. The van der Waals surface area contributed by atoms with Crippen LogP contribution in [0.15, 0.2) is 0 Å². The van der Waals surface area contributed by atoms with Crippen molar-refractivity contribution in [2.75, 3.05) is 6.54 Å². The maximum Gasteiger partial charge on any atom is 0.323 e. The first kappa shape index (κ1) is 13.4. The molecule has 7 heteroatoms. The highest BCUT2D eigenvalue weighted by atomic mass is 32.2. The number of carboxylic acids is 1. The van der Waals surface area contributed by atoms with Crippen LogP contribution in [-0.4, -0.2) is 43.4 Å². The molecule has 0 aromatic carbocycles. The van der Waals surface area contributed by atoms with Gasteiger partial charge in [-0.1, -0.05) is 0 Å². The van der Waals surface area contributed by atoms with Crippen LogP contribution in [0.3, 0.4) is 0 Å². The lowest BCUT2D eigenvalue weighted by Crippen LogP contribution is -2.49. The third-order valence-electron chi connectivity index (χ3n) is 2.77. The molecule has 94 valence electrons. The van der Waals surface area contributed by atoms with E-state index in [9.17, 15) is 13.2 Å². The van der Waals surface area contributed by atoms with Crippen molar-refractivity contribution < 1.29 is 18.3 Å². The van der Waals surface area contributed by atoms with Gasteiger partial charge in [-0.3, -0.25) is 4.79 Å². The third-order valence-corrected chi connectivity index (χ3v) is 4.56. The maximum absolute atomic E-state index is 11.6. The predicted octanol–water partition coefficient (Wildman–Crippen LogP) is -0.481. The summed E-state index contributed by atoms with van der Waals surface area (Å²) in [5.41, 5.74) is 0. The molecule has 1 rings (SSSR count). The number of aliphatic carboxylic acids is 1. The van der Waals surface area contributed by atoms with E-state index in [2.05, 4.69) is 10.0 Å². The first-order valence-electron chi connectivity index (χ1n) is 5.30. The molecule has 0 spiro atoms. The van der Waals surface area contributed by atoms with E-state index in [4.69, 9.17) is 5.11 Å². The van der Waals surface area contributed by atoms with Gasteiger partial charge in [0.05, 0.1) is 0 Å². The normalized spacial score (nSPS) is 28.6. The van der Waals surface area contributed by atoms with Gasteiger partial charge in [-0.2, -0.15) is 0 Å². The maximum atomic E-state index is 11.6. The summed E-state index contributed by atoms with van der Waals surface area (Å²) in [6.45, 7) is 3.89. The van der Waals surface area contributed by atoms with E-state index < -0.39 is 21.2 Å². The summed E-state index contributed by atoms with van der Waals surface area (Å²) in [4.78, 5) is 10.6. The Balaban J connectivity index is 2.62. The minimum absolute atomic E-state index is 0.164. The van der Waals surface area contributed by atoms with Crippen molar-refractivity contribution in [1.29, 1.82) is 0 Å². The molecule has 1 aliphatic heterocycles. The summed E-state index contributed by atoms with van der Waals surface area (Å²) in [6, 6.07) is 0.0876. The Labute approximate surface area is 95.5 Å². The second kappa shape index (κ2) is 5.11. The van der Waals surface area contributed by atoms with Crippen LogP contribution in [0.2, 0.25) is 0 Å². The van der Waals surface area contributed by atoms with E-state index in [0.717, 1.165) is 6.54 Å². The van der Waals surface area contributed by atoms with E-state index >= 15 is 0 Å². The zero-order valence-electron chi connectivity index (χ0n) is 9.43. The average Bonchev–Trinajstić information content (AvgIpc) is 2.15. The zero-order chi connectivity index (χ0) is 12.3. The molecule has 1 saturated heterocycles. The monoisotopic (exact) mass is 250 g/mol. The predicted molar refractivity (Wildman–Crippen MR) is 59.6 cm³/mol. The van der Waals surface area contributed by atoms with E-state index in [0.29, 0.717) is 12.8 Å². The summed E-state index contributed by atoms with van der Waals surface area (Å²) in [5.74, 6) is -1.32. The van der Waals surface area contributed by atoms with Gasteiger partial charge in [-0.05, 0) is 33.2 Å². The van der Waals surface area contributed by atoms with Crippen molar-refractivity contribution in [3.05, 3.63) is 0 Å². The highest BCUT2D eigenvalue weighted by Gasteiger charge is 2.31. The molecule has 0 aromatic heterocycles. The number of sulfonamides is 1. The van der Waals surface area contributed by atoms with E-state index in [1.165, 1.54) is 6.92 Å².